The van der Waals surface area contributed by atoms with Crippen molar-refractivity contribution in [3.63, 3.8) is 0 Å². The van der Waals surface area contributed by atoms with Crippen LogP contribution in [0.25, 0.3) is 0 Å². The fourth-order valence-corrected chi connectivity index (χ4v) is 1.32. The Morgan fingerprint density at radius 2 is 1.93 bits per heavy atom. The first-order valence-electron chi connectivity index (χ1n) is 4.95. The van der Waals surface area contributed by atoms with Gasteiger partial charge in [0.2, 0.25) is 0 Å². The molecule has 1 rings (SSSR count). The van der Waals surface area contributed by atoms with Crippen molar-refractivity contribution < 1.29 is 8.39 Å². The smallest absolute Gasteiger partial charge is 0.133 e. The minimum Gasteiger partial charge on any atom is -0.292 e. The van der Waals surface area contributed by atoms with Gasteiger partial charge in [-0.1, -0.05) is 49.2 Å². The number of rotatable bonds is 4. The van der Waals surface area contributed by atoms with E-state index in [0.29, 0.717) is 6.61 Å². The Kier molecular flexibility index (Phi) is 9.78. The molecule has 0 aliphatic heterocycles. The highest BCUT2D eigenvalue weighted by atomic mass is 32.8. The minimum atomic E-state index is -1.78. The molecule has 1 atom stereocenters. The Bertz CT molecular complexity index is 300. The summed E-state index contributed by atoms with van der Waals surface area (Å²) in [4.78, 5) is 0. The van der Waals surface area contributed by atoms with Crippen LogP contribution in [-0.2, 0) is 25.0 Å². The number of hydrogen-bond donors (Lipinski definition) is 1. The molecule has 0 radical (unpaired) electrons. The maximum atomic E-state index is 10.1. The number of benzene rings is 1. The van der Waals surface area contributed by atoms with Crippen molar-refractivity contribution in [3.8, 4) is 0 Å². The Morgan fingerprint density at radius 1 is 1.33 bits per heavy atom. The van der Waals surface area contributed by atoms with Crippen LogP contribution in [0.15, 0.2) is 30.3 Å². The lowest BCUT2D eigenvalue weighted by Gasteiger charge is -1.90. The van der Waals surface area contributed by atoms with Crippen molar-refractivity contribution in [2.24, 2.45) is 0 Å². The van der Waals surface area contributed by atoms with Crippen LogP contribution in [0.4, 0.5) is 0 Å². The molecular weight excluding hydrogens is 228 g/mol. The van der Waals surface area contributed by atoms with Gasteiger partial charge in [-0.25, -0.2) is 4.21 Å². The monoisotopic (exact) mass is 246 g/mol. The molecule has 0 saturated carbocycles. The van der Waals surface area contributed by atoms with E-state index >= 15 is 0 Å². The van der Waals surface area contributed by atoms with Crippen LogP contribution in [0.2, 0.25) is 0 Å². The molecule has 0 aliphatic carbocycles. The van der Waals surface area contributed by atoms with Gasteiger partial charge < -0.3 is 0 Å². The molecule has 2 nitrogen and oxygen atoms in total. The summed E-state index contributed by atoms with van der Waals surface area (Å²) in [6.07, 6.45) is 2.00. The topological polar surface area (TPSA) is 26.3 Å². The van der Waals surface area contributed by atoms with Crippen LogP contribution < -0.4 is 0 Å². The fourth-order valence-electron chi connectivity index (χ4n) is 0.818. The summed E-state index contributed by atoms with van der Waals surface area (Å²) < 4.78 is 14.7. The third kappa shape index (κ3) is 11.5. The zero-order chi connectivity index (χ0) is 11.5. The quantitative estimate of drug-likeness (QED) is 0.653. The molecule has 86 valence electrons. The van der Waals surface area contributed by atoms with Crippen LogP contribution in [0.5, 0.6) is 0 Å². The second-order valence-electron chi connectivity index (χ2n) is 3.07. The summed E-state index contributed by atoms with van der Waals surface area (Å²) >= 11 is 4.28. The zero-order valence-corrected chi connectivity index (χ0v) is 10.9. The number of aryl methyl sites for hydroxylation is 1. The maximum Gasteiger partial charge on any atom is 0.133 e. The van der Waals surface area contributed by atoms with Crippen LogP contribution in [0.1, 0.15) is 25.3 Å². The van der Waals surface area contributed by atoms with Crippen molar-refractivity contribution in [3.05, 3.63) is 35.9 Å². The standard InChI is InChI=1S/C7H8.C4H10O2S2/c1-7-5-3-2-4-6-7;1-2-3-4-6-8(5)7/h2-6H,1H3;8H,2-4H2,1H3. The van der Waals surface area contributed by atoms with Crippen molar-refractivity contribution in [2.75, 3.05) is 6.61 Å². The highest BCUT2D eigenvalue weighted by Crippen LogP contribution is 1.92. The molecule has 1 aromatic carbocycles. The molecule has 0 aliphatic rings. The number of unbranched alkanes of at least 4 members (excludes halogenated alkanes) is 1. The van der Waals surface area contributed by atoms with Gasteiger partial charge in [0, 0.05) is 11.2 Å². The van der Waals surface area contributed by atoms with Crippen LogP contribution in [-0.4, -0.2) is 10.8 Å². The third-order valence-corrected chi connectivity index (χ3v) is 2.34. The summed E-state index contributed by atoms with van der Waals surface area (Å²) in [7, 11) is -1.78. The number of hydrogen-bond acceptors (Lipinski definition) is 3. The van der Waals surface area contributed by atoms with E-state index in [1.807, 2.05) is 25.1 Å². The molecule has 15 heavy (non-hydrogen) atoms. The first kappa shape index (κ1) is 14.6. The molecular formula is C11H18O2S2. The lowest BCUT2D eigenvalue weighted by molar-refractivity contribution is 0.347. The molecule has 0 spiro atoms. The van der Waals surface area contributed by atoms with E-state index in [4.69, 9.17) is 0 Å². The van der Waals surface area contributed by atoms with E-state index < -0.39 is 9.64 Å². The molecule has 0 heterocycles. The van der Waals surface area contributed by atoms with E-state index in [1.165, 1.54) is 5.56 Å². The van der Waals surface area contributed by atoms with Gasteiger partial charge in [0.15, 0.2) is 0 Å². The Morgan fingerprint density at radius 3 is 2.27 bits per heavy atom. The van der Waals surface area contributed by atoms with E-state index in [-0.39, 0.29) is 0 Å². The first-order valence-corrected chi connectivity index (χ1v) is 7.15. The van der Waals surface area contributed by atoms with E-state index in [0.717, 1.165) is 12.8 Å². The molecule has 0 amide bonds. The summed E-state index contributed by atoms with van der Waals surface area (Å²) in [5.41, 5.74) is 1.32. The second kappa shape index (κ2) is 10.1. The predicted octanol–water partition coefficient (Wildman–Crippen LogP) is 2.66. The second-order valence-corrected chi connectivity index (χ2v) is 4.66. The predicted molar refractivity (Wildman–Crippen MR) is 68.9 cm³/mol. The highest BCUT2D eigenvalue weighted by molar-refractivity contribution is 8.19. The largest absolute Gasteiger partial charge is 0.292 e. The van der Waals surface area contributed by atoms with E-state index in [2.05, 4.69) is 34.4 Å². The maximum absolute atomic E-state index is 10.1. The van der Waals surface area contributed by atoms with Gasteiger partial charge in [-0.2, -0.15) is 0 Å². The first-order chi connectivity index (χ1) is 7.16. The molecule has 0 N–H and O–H groups in total. The SMILES string of the molecule is CCCCO[SH](=O)=S.Cc1ccccc1. The molecule has 0 aromatic heterocycles. The summed E-state index contributed by atoms with van der Waals surface area (Å²) in [6, 6.07) is 10.3. The Balaban J connectivity index is 0.000000262. The fraction of sp³-hybridized carbons (Fsp3) is 0.455. The van der Waals surface area contributed by atoms with Crippen LogP contribution in [0.3, 0.4) is 0 Å². The Hall–Kier alpha value is -0.450. The number of thiol groups is 1. The molecule has 0 bridgehead atoms. The van der Waals surface area contributed by atoms with Gasteiger partial charge in [0.25, 0.3) is 0 Å². The molecule has 0 fully saturated rings. The summed E-state index contributed by atoms with van der Waals surface area (Å²) in [5, 5.41) is 0. The minimum absolute atomic E-state index is 0.537. The van der Waals surface area contributed by atoms with Gasteiger partial charge in [0.1, 0.15) is 9.64 Å². The van der Waals surface area contributed by atoms with Crippen LogP contribution >= 0.6 is 0 Å². The summed E-state index contributed by atoms with van der Waals surface area (Å²) in [6.45, 7) is 4.66. The van der Waals surface area contributed by atoms with Crippen LogP contribution in [0, 0.1) is 6.92 Å². The molecule has 1 unspecified atom stereocenters. The Labute approximate surface area is 98.6 Å². The van der Waals surface area contributed by atoms with Gasteiger partial charge in [-0.05, 0) is 13.3 Å². The molecule has 1 aromatic rings. The van der Waals surface area contributed by atoms with Gasteiger partial charge in [0.05, 0.1) is 6.61 Å². The molecule has 0 saturated heterocycles. The third-order valence-electron chi connectivity index (χ3n) is 1.64. The normalized spacial score (nSPS) is 11.3. The van der Waals surface area contributed by atoms with E-state index in [9.17, 15) is 4.21 Å². The van der Waals surface area contributed by atoms with Gasteiger partial charge >= 0.3 is 0 Å². The van der Waals surface area contributed by atoms with Crippen molar-refractivity contribution >= 4 is 20.8 Å². The lowest BCUT2D eigenvalue weighted by Crippen LogP contribution is -1.88. The zero-order valence-electron chi connectivity index (χ0n) is 9.18. The average molecular weight is 246 g/mol. The summed E-state index contributed by atoms with van der Waals surface area (Å²) in [5.74, 6) is 0. The van der Waals surface area contributed by atoms with Crippen molar-refractivity contribution in [1.82, 2.24) is 0 Å². The van der Waals surface area contributed by atoms with E-state index in [1.54, 1.807) is 0 Å². The lowest BCUT2D eigenvalue weighted by atomic mass is 10.2. The van der Waals surface area contributed by atoms with Crippen molar-refractivity contribution in [1.29, 1.82) is 0 Å². The average Bonchev–Trinajstić information content (AvgIpc) is 2.20. The van der Waals surface area contributed by atoms with Crippen molar-refractivity contribution in [2.45, 2.75) is 26.7 Å². The highest BCUT2D eigenvalue weighted by Gasteiger charge is 1.81. The molecule has 4 heteroatoms. The van der Waals surface area contributed by atoms with Gasteiger partial charge in [-0.3, -0.25) is 4.18 Å². The van der Waals surface area contributed by atoms with Gasteiger partial charge in [-0.15, -0.1) is 0 Å².